The van der Waals surface area contributed by atoms with Gasteiger partial charge in [0.25, 0.3) is 0 Å². The summed E-state index contributed by atoms with van der Waals surface area (Å²) in [4.78, 5) is 6.95. The Kier molecular flexibility index (Phi) is 13.0. The van der Waals surface area contributed by atoms with E-state index in [1.54, 1.807) is 0 Å². The van der Waals surface area contributed by atoms with E-state index in [0.29, 0.717) is 24.6 Å². The average Bonchev–Trinajstić information content (AvgIpc) is 2.68. The molecule has 2 rings (SSSR count). The lowest BCUT2D eigenvalue weighted by molar-refractivity contribution is 0.0200. The molecule has 0 spiro atoms. The van der Waals surface area contributed by atoms with Gasteiger partial charge in [0.15, 0.2) is 5.96 Å². The van der Waals surface area contributed by atoms with Crippen LogP contribution >= 0.6 is 24.0 Å². The van der Waals surface area contributed by atoms with Gasteiger partial charge in [0.05, 0.1) is 18.4 Å². The SMILES string of the molecule is CCNC(=NCCS(=O)(=O)NCC1CCCCO1)NC1CCN(C(C)C)CC1.I. The van der Waals surface area contributed by atoms with Crippen LogP contribution in [0.5, 0.6) is 0 Å². The fourth-order valence-corrected chi connectivity index (χ4v) is 4.53. The number of likely N-dealkylation sites (tertiary alicyclic amines) is 1. The van der Waals surface area contributed by atoms with Crippen molar-refractivity contribution in [1.82, 2.24) is 20.3 Å². The highest BCUT2D eigenvalue weighted by Gasteiger charge is 2.21. The van der Waals surface area contributed by atoms with Gasteiger partial charge in [0.2, 0.25) is 10.0 Å². The van der Waals surface area contributed by atoms with Crippen molar-refractivity contribution in [3.8, 4) is 0 Å². The fraction of sp³-hybridized carbons (Fsp3) is 0.947. The van der Waals surface area contributed by atoms with Gasteiger partial charge in [0, 0.05) is 44.9 Å². The maximum atomic E-state index is 12.2. The van der Waals surface area contributed by atoms with Crippen LogP contribution in [-0.4, -0.2) is 82.5 Å². The maximum absolute atomic E-state index is 12.2. The molecule has 2 saturated heterocycles. The van der Waals surface area contributed by atoms with Crippen LogP contribution in [0.3, 0.4) is 0 Å². The van der Waals surface area contributed by atoms with E-state index in [9.17, 15) is 8.42 Å². The maximum Gasteiger partial charge on any atom is 0.213 e. The minimum Gasteiger partial charge on any atom is -0.377 e. The van der Waals surface area contributed by atoms with Gasteiger partial charge in [-0.2, -0.15) is 0 Å². The van der Waals surface area contributed by atoms with E-state index < -0.39 is 10.0 Å². The normalized spacial score (nSPS) is 22.3. The van der Waals surface area contributed by atoms with Crippen LogP contribution in [0, 0.1) is 0 Å². The van der Waals surface area contributed by atoms with E-state index in [1.165, 1.54) is 0 Å². The van der Waals surface area contributed by atoms with Gasteiger partial charge in [-0.05, 0) is 52.9 Å². The van der Waals surface area contributed by atoms with Crippen LogP contribution in [0.4, 0.5) is 0 Å². The lowest BCUT2D eigenvalue weighted by Gasteiger charge is -2.35. The summed E-state index contributed by atoms with van der Waals surface area (Å²) in [5.41, 5.74) is 0. The van der Waals surface area contributed by atoms with E-state index in [2.05, 4.69) is 39.1 Å². The van der Waals surface area contributed by atoms with Crippen molar-refractivity contribution in [3.05, 3.63) is 0 Å². The summed E-state index contributed by atoms with van der Waals surface area (Å²) in [6.45, 7) is 10.7. The minimum absolute atomic E-state index is 0. The number of piperidine rings is 1. The van der Waals surface area contributed by atoms with Gasteiger partial charge >= 0.3 is 0 Å². The van der Waals surface area contributed by atoms with E-state index >= 15 is 0 Å². The van der Waals surface area contributed by atoms with Gasteiger partial charge in [0.1, 0.15) is 0 Å². The average molecular weight is 546 g/mol. The summed E-state index contributed by atoms with van der Waals surface area (Å²) in [6, 6.07) is 0.963. The van der Waals surface area contributed by atoms with Gasteiger partial charge < -0.3 is 20.3 Å². The highest BCUT2D eigenvalue weighted by Crippen LogP contribution is 2.13. The molecule has 0 saturated carbocycles. The topological polar surface area (TPSA) is 95.1 Å². The summed E-state index contributed by atoms with van der Waals surface area (Å²) in [6.07, 6.45) is 5.24. The van der Waals surface area contributed by atoms with E-state index in [1.807, 2.05) is 6.92 Å². The quantitative estimate of drug-likeness (QED) is 0.231. The Labute approximate surface area is 194 Å². The number of rotatable bonds is 9. The molecule has 0 radical (unpaired) electrons. The Bertz CT molecular complexity index is 574. The number of aliphatic imine (C=N–C) groups is 1. The monoisotopic (exact) mass is 545 g/mol. The summed E-state index contributed by atoms with van der Waals surface area (Å²) < 4.78 is 32.7. The number of nitrogens with zero attached hydrogens (tertiary/aromatic N) is 2. The molecule has 1 unspecified atom stereocenters. The van der Waals surface area contributed by atoms with Gasteiger partial charge in [-0.3, -0.25) is 4.99 Å². The molecule has 0 amide bonds. The molecule has 2 heterocycles. The summed E-state index contributed by atoms with van der Waals surface area (Å²) in [7, 11) is -3.34. The molecule has 29 heavy (non-hydrogen) atoms. The fourth-order valence-electron chi connectivity index (χ4n) is 3.61. The third kappa shape index (κ3) is 10.6. The van der Waals surface area contributed by atoms with Crippen molar-refractivity contribution in [2.75, 3.05) is 45.1 Å². The predicted molar refractivity (Wildman–Crippen MR) is 130 cm³/mol. The van der Waals surface area contributed by atoms with Crippen molar-refractivity contribution >= 4 is 40.0 Å². The first-order valence-corrected chi connectivity index (χ1v) is 12.4. The zero-order valence-electron chi connectivity index (χ0n) is 18.2. The smallest absolute Gasteiger partial charge is 0.213 e. The van der Waals surface area contributed by atoms with E-state index in [4.69, 9.17) is 4.74 Å². The molecule has 0 aromatic heterocycles. The second-order valence-electron chi connectivity index (χ2n) is 7.96. The molecule has 3 N–H and O–H groups in total. The number of hydrogen-bond donors (Lipinski definition) is 3. The largest absolute Gasteiger partial charge is 0.377 e. The van der Waals surface area contributed by atoms with Crippen LogP contribution in [-0.2, 0) is 14.8 Å². The molecular weight excluding hydrogens is 505 g/mol. The lowest BCUT2D eigenvalue weighted by atomic mass is 10.0. The molecule has 1 atom stereocenters. The van der Waals surface area contributed by atoms with Crippen molar-refractivity contribution < 1.29 is 13.2 Å². The van der Waals surface area contributed by atoms with Crippen LogP contribution < -0.4 is 15.4 Å². The Balaban J connectivity index is 0.00000420. The molecule has 0 bridgehead atoms. The Morgan fingerprint density at radius 1 is 1.21 bits per heavy atom. The molecule has 0 aromatic carbocycles. The summed E-state index contributed by atoms with van der Waals surface area (Å²) in [5, 5.41) is 6.69. The zero-order valence-corrected chi connectivity index (χ0v) is 21.3. The van der Waals surface area contributed by atoms with Gasteiger partial charge in [-0.25, -0.2) is 13.1 Å². The predicted octanol–water partition coefficient (Wildman–Crippen LogP) is 1.52. The van der Waals surface area contributed by atoms with Crippen LogP contribution in [0.15, 0.2) is 4.99 Å². The van der Waals surface area contributed by atoms with Crippen molar-refractivity contribution in [2.24, 2.45) is 4.99 Å². The minimum atomic E-state index is -3.34. The number of halogens is 1. The highest BCUT2D eigenvalue weighted by molar-refractivity contribution is 14.0. The summed E-state index contributed by atoms with van der Waals surface area (Å²) in [5.74, 6) is 0.693. The first-order valence-electron chi connectivity index (χ1n) is 10.8. The molecule has 0 aromatic rings. The number of nitrogens with one attached hydrogen (secondary N) is 3. The third-order valence-corrected chi connectivity index (χ3v) is 6.71. The molecule has 10 heteroatoms. The van der Waals surface area contributed by atoms with Crippen molar-refractivity contribution in [2.45, 2.75) is 71.1 Å². The number of ether oxygens (including phenoxy) is 1. The Hall–Kier alpha value is -0.170. The Morgan fingerprint density at radius 3 is 2.52 bits per heavy atom. The first-order chi connectivity index (χ1) is 13.4. The molecule has 0 aliphatic carbocycles. The second-order valence-corrected chi connectivity index (χ2v) is 9.89. The standard InChI is InChI=1S/C19H39N5O3S.HI/c1-4-20-19(23-17-8-11-24(12-9-17)16(2)3)21-10-14-28(25,26)22-15-18-7-5-6-13-27-18;/h16-18,22H,4-15H2,1-3H3,(H2,20,21,23);1H. The molecule has 172 valence electrons. The van der Waals surface area contributed by atoms with Crippen molar-refractivity contribution in [1.29, 1.82) is 0 Å². The van der Waals surface area contributed by atoms with Gasteiger partial charge in [-0.15, -0.1) is 24.0 Å². The highest BCUT2D eigenvalue weighted by atomic mass is 127. The molecule has 2 aliphatic heterocycles. The lowest BCUT2D eigenvalue weighted by Crippen LogP contribution is -2.50. The molecule has 8 nitrogen and oxygen atoms in total. The van der Waals surface area contributed by atoms with Crippen LogP contribution in [0.2, 0.25) is 0 Å². The summed E-state index contributed by atoms with van der Waals surface area (Å²) >= 11 is 0. The zero-order chi connectivity index (χ0) is 20.4. The molecule has 2 fully saturated rings. The Morgan fingerprint density at radius 2 is 1.93 bits per heavy atom. The van der Waals surface area contributed by atoms with E-state index in [0.717, 1.165) is 58.3 Å². The van der Waals surface area contributed by atoms with Crippen molar-refractivity contribution in [3.63, 3.8) is 0 Å². The van der Waals surface area contributed by atoms with Gasteiger partial charge in [-0.1, -0.05) is 0 Å². The molecular formula is C19H40IN5O3S. The number of hydrogen-bond acceptors (Lipinski definition) is 5. The second kappa shape index (κ2) is 14.0. The first kappa shape index (κ1) is 26.9. The number of sulfonamides is 1. The van der Waals surface area contributed by atoms with Crippen LogP contribution in [0.25, 0.3) is 0 Å². The number of guanidine groups is 1. The van der Waals surface area contributed by atoms with E-state index in [-0.39, 0.29) is 42.4 Å². The molecule has 2 aliphatic rings. The third-order valence-electron chi connectivity index (χ3n) is 5.38. The van der Waals surface area contributed by atoms with Crippen LogP contribution in [0.1, 0.15) is 52.9 Å².